The minimum atomic E-state index is -2.88. The molecule has 0 saturated carbocycles. The van der Waals surface area contributed by atoms with Crippen LogP contribution < -0.4 is 15.0 Å². The molecule has 1 N–H and O–H groups in total. The quantitative estimate of drug-likeness (QED) is 0.626. The first-order valence-electron chi connectivity index (χ1n) is 9.65. The topological polar surface area (TPSA) is 72.4 Å². The monoisotopic (exact) mass is 431 g/mol. The van der Waals surface area contributed by atoms with Gasteiger partial charge in [-0.15, -0.1) is 5.10 Å². The third-order valence-electron chi connectivity index (χ3n) is 4.74. The number of halogens is 3. The van der Waals surface area contributed by atoms with E-state index < -0.39 is 12.4 Å². The summed E-state index contributed by atoms with van der Waals surface area (Å²) in [5, 5.41) is 10.9. The van der Waals surface area contributed by atoms with E-state index in [1.807, 2.05) is 11.8 Å². The SMILES string of the molecule is CC1CN(c2cc(Nc3cc(-c4ccc(OC(F)F)cc4)cnn3)c(F)cn2)CCO1. The average molecular weight is 431 g/mol. The fourth-order valence-corrected chi connectivity index (χ4v) is 3.28. The van der Waals surface area contributed by atoms with Crippen LogP contribution in [0.5, 0.6) is 5.75 Å². The van der Waals surface area contributed by atoms with Crippen molar-refractivity contribution < 1.29 is 22.6 Å². The summed E-state index contributed by atoms with van der Waals surface area (Å²) in [5.74, 6) is 0.503. The maximum Gasteiger partial charge on any atom is 0.387 e. The van der Waals surface area contributed by atoms with E-state index in [9.17, 15) is 13.2 Å². The van der Waals surface area contributed by atoms with Crippen LogP contribution in [0.2, 0.25) is 0 Å². The number of hydrogen-bond acceptors (Lipinski definition) is 7. The summed E-state index contributed by atoms with van der Waals surface area (Å²) in [6, 6.07) is 9.44. The Labute approximate surface area is 176 Å². The van der Waals surface area contributed by atoms with Crippen LogP contribution in [-0.2, 0) is 4.74 Å². The first-order valence-corrected chi connectivity index (χ1v) is 9.65. The van der Waals surface area contributed by atoms with Gasteiger partial charge in [-0.1, -0.05) is 12.1 Å². The Kier molecular flexibility index (Phi) is 6.17. The van der Waals surface area contributed by atoms with Crippen LogP contribution in [0.25, 0.3) is 11.1 Å². The lowest BCUT2D eigenvalue weighted by molar-refractivity contribution is -0.0498. The number of benzene rings is 1. The maximum atomic E-state index is 14.4. The van der Waals surface area contributed by atoms with Crippen molar-refractivity contribution in [3.63, 3.8) is 0 Å². The van der Waals surface area contributed by atoms with Crippen molar-refractivity contribution in [1.29, 1.82) is 0 Å². The molecule has 1 unspecified atom stereocenters. The molecule has 162 valence electrons. The fourth-order valence-electron chi connectivity index (χ4n) is 3.28. The lowest BCUT2D eigenvalue weighted by atomic mass is 10.1. The highest BCUT2D eigenvalue weighted by Gasteiger charge is 2.19. The smallest absolute Gasteiger partial charge is 0.387 e. The van der Waals surface area contributed by atoms with Crippen molar-refractivity contribution in [2.45, 2.75) is 19.6 Å². The number of rotatable bonds is 6. The number of hydrogen-bond donors (Lipinski definition) is 1. The number of ether oxygens (including phenoxy) is 2. The fraction of sp³-hybridized carbons (Fsp3) is 0.286. The molecular weight excluding hydrogens is 411 g/mol. The summed E-state index contributed by atoms with van der Waals surface area (Å²) in [6.45, 7) is 1.01. The molecule has 1 fully saturated rings. The second-order valence-electron chi connectivity index (χ2n) is 7.01. The van der Waals surface area contributed by atoms with Crippen LogP contribution in [0.15, 0.2) is 48.8 Å². The van der Waals surface area contributed by atoms with Crippen molar-refractivity contribution in [3.8, 4) is 16.9 Å². The molecule has 3 aromatic rings. The van der Waals surface area contributed by atoms with Gasteiger partial charge in [0.1, 0.15) is 11.6 Å². The highest BCUT2D eigenvalue weighted by molar-refractivity contribution is 5.69. The molecule has 3 heterocycles. The number of morpholine rings is 1. The molecule has 1 aliphatic heterocycles. The molecule has 31 heavy (non-hydrogen) atoms. The minimum absolute atomic E-state index is 0.0583. The predicted octanol–water partition coefficient (Wildman–Crippen LogP) is 4.25. The molecule has 1 atom stereocenters. The molecule has 7 nitrogen and oxygen atoms in total. The van der Waals surface area contributed by atoms with E-state index in [1.54, 1.807) is 24.3 Å². The van der Waals surface area contributed by atoms with Gasteiger partial charge in [0.15, 0.2) is 11.6 Å². The van der Waals surface area contributed by atoms with Gasteiger partial charge < -0.3 is 19.7 Å². The average Bonchev–Trinajstić information content (AvgIpc) is 2.76. The van der Waals surface area contributed by atoms with Crippen molar-refractivity contribution in [1.82, 2.24) is 15.2 Å². The zero-order valence-corrected chi connectivity index (χ0v) is 16.6. The Balaban J connectivity index is 1.53. The Morgan fingerprint density at radius 2 is 1.97 bits per heavy atom. The standard InChI is InChI=1S/C21H20F3N5O2/c1-13-12-29(6-7-30-13)20-9-18(17(22)11-25-20)27-19-8-15(10-26-28-19)14-2-4-16(5-3-14)31-21(23)24/h2-5,8-11,13,21H,6-7,12H2,1H3,(H,25,27,28). The van der Waals surface area contributed by atoms with Gasteiger partial charge in [-0.25, -0.2) is 9.37 Å². The molecule has 0 amide bonds. The molecule has 1 aliphatic rings. The third kappa shape index (κ3) is 5.21. The molecule has 2 aromatic heterocycles. The number of alkyl halides is 2. The van der Waals surface area contributed by atoms with Gasteiger partial charge in [0.05, 0.1) is 30.8 Å². The normalized spacial score (nSPS) is 16.4. The van der Waals surface area contributed by atoms with Crippen LogP contribution in [0, 0.1) is 5.82 Å². The zero-order chi connectivity index (χ0) is 21.8. The van der Waals surface area contributed by atoms with Gasteiger partial charge in [-0.05, 0) is 30.7 Å². The highest BCUT2D eigenvalue weighted by Crippen LogP contribution is 2.27. The summed E-state index contributed by atoms with van der Waals surface area (Å²) < 4.78 is 48.9. The van der Waals surface area contributed by atoms with Crippen LogP contribution >= 0.6 is 0 Å². The zero-order valence-electron chi connectivity index (χ0n) is 16.6. The molecule has 0 spiro atoms. The number of pyridine rings is 1. The van der Waals surface area contributed by atoms with E-state index in [0.29, 0.717) is 36.9 Å². The summed E-state index contributed by atoms with van der Waals surface area (Å²) in [4.78, 5) is 6.22. The number of nitrogens with one attached hydrogen (secondary N) is 1. The van der Waals surface area contributed by atoms with Gasteiger partial charge in [-0.3, -0.25) is 0 Å². The van der Waals surface area contributed by atoms with Crippen molar-refractivity contribution >= 4 is 17.3 Å². The molecule has 4 rings (SSSR count). The second kappa shape index (κ2) is 9.17. The van der Waals surface area contributed by atoms with Crippen molar-refractivity contribution in [2.75, 3.05) is 29.9 Å². The van der Waals surface area contributed by atoms with E-state index in [1.165, 1.54) is 18.3 Å². The predicted molar refractivity (Wildman–Crippen MR) is 109 cm³/mol. The van der Waals surface area contributed by atoms with Crippen molar-refractivity contribution in [3.05, 3.63) is 54.6 Å². The molecule has 10 heteroatoms. The van der Waals surface area contributed by atoms with Gasteiger partial charge in [0.2, 0.25) is 0 Å². The lowest BCUT2D eigenvalue weighted by Crippen LogP contribution is -2.41. The largest absolute Gasteiger partial charge is 0.435 e. The van der Waals surface area contributed by atoms with E-state index in [4.69, 9.17) is 4.74 Å². The molecule has 1 aromatic carbocycles. The minimum Gasteiger partial charge on any atom is -0.435 e. The Hall–Kier alpha value is -3.40. The molecular formula is C21H20F3N5O2. The number of aromatic nitrogens is 3. The van der Waals surface area contributed by atoms with Crippen molar-refractivity contribution in [2.24, 2.45) is 0 Å². The van der Waals surface area contributed by atoms with E-state index >= 15 is 0 Å². The number of anilines is 3. The van der Waals surface area contributed by atoms with Crippen LogP contribution in [0.4, 0.5) is 30.5 Å². The Bertz CT molecular complexity index is 1040. The molecule has 0 bridgehead atoms. The summed E-state index contributed by atoms with van der Waals surface area (Å²) in [5.41, 5.74) is 1.62. The second-order valence-corrected chi connectivity index (χ2v) is 7.01. The highest BCUT2D eigenvalue weighted by atomic mass is 19.3. The first kappa shape index (κ1) is 20.9. The van der Waals surface area contributed by atoms with E-state index in [2.05, 4.69) is 25.2 Å². The maximum absolute atomic E-state index is 14.4. The third-order valence-corrected chi connectivity index (χ3v) is 4.74. The van der Waals surface area contributed by atoms with Gasteiger partial charge >= 0.3 is 6.61 Å². The van der Waals surface area contributed by atoms with E-state index in [0.717, 1.165) is 11.8 Å². The van der Waals surface area contributed by atoms with Crippen LogP contribution in [0.3, 0.4) is 0 Å². The van der Waals surface area contributed by atoms with Crippen LogP contribution in [0.1, 0.15) is 6.92 Å². The summed E-state index contributed by atoms with van der Waals surface area (Å²) in [6.07, 6.45) is 2.76. The van der Waals surface area contributed by atoms with Gasteiger partial charge in [0.25, 0.3) is 0 Å². The molecule has 0 radical (unpaired) electrons. The molecule has 1 saturated heterocycles. The number of nitrogens with zero attached hydrogens (tertiary/aromatic N) is 4. The summed E-state index contributed by atoms with van der Waals surface area (Å²) >= 11 is 0. The molecule has 0 aliphatic carbocycles. The Morgan fingerprint density at radius 3 is 2.71 bits per heavy atom. The van der Waals surface area contributed by atoms with Gasteiger partial charge in [-0.2, -0.15) is 13.9 Å². The van der Waals surface area contributed by atoms with Crippen LogP contribution in [-0.4, -0.2) is 47.6 Å². The van der Waals surface area contributed by atoms with Gasteiger partial charge in [0, 0.05) is 24.7 Å². The summed E-state index contributed by atoms with van der Waals surface area (Å²) in [7, 11) is 0. The van der Waals surface area contributed by atoms with E-state index in [-0.39, 0.29) is 17.5 Å². The Morgan fingerprint density at radius 1 is 1.16 bits per heavy atom. The lowest BCUT2D eigenvalue weighted by Gasteiger charge is -2.32. The first-order chi connectivity index (χ1) is 15.0.